The number of nitrogens with zero attached hydrogens (tertiary/aromatic N) is 3. The highest BCUT2D eigenvalue weighted by atomic mass is 32.1. The molecule has 1 unspecified atom stereocenters. The molecule has 0 saturated carbocycles. The minimum absolute atomic E-state index is 0.0804. The van der Waals surface area contributed by atoms with Gasteiger partial charge >= 0.3 is 5.69 Å². The molecular weight excluding hydrogens is 268 g/mol. The van der Waals surface area contributed by atoms with Gasteiger partial charge in [0.25, 0.3) is 0 Å². The van der Waals surface area contributed by atoms with Crippen LogP contribution in [0, 0.1) is 10.1 Å². The minimum Gasteiger partial charge on any atom is -0.490 e. The Morgan fingerprint density at radius 3 is 2.74 bits per heavy atom. The number of nitro groups is 1. The number of hydrogen-bond acceptors (Lipinski definition) is 7. The molecule has 0 amide bonds. The Kier molecular flexibility index (Phi) is 3.72. The molecule has 19 heavy (non-hydrogen) atoms. The van der Waals surface area contributed by atoms with Gasteiger partial charge in [-0.05, 0) is 19.1 Å². The number of aromatic nitrogens is 2. The van der Waals surface area contributed by atoms with Crippen LogP contribution in [0.4, 0.5) is 5.69 Å². The molecule has 1 atom stereocenters. The Morgan fingerprint density at radius 1 is 1.47 bits per heavy atom. The predicted octanol–water partition coefficient (Wildman–Crippen LogP) is 2.14. The van der Waals surface area contributed by atoms with Gasteiger partial charge < -0.3 is 10.5 Å². The average molecular weight is 280 g/mol. The second kappa shape index (κ2) is 5.29. The summed E-state index contributed by atoms with van der Waals surface area (Å²) in [7, 11) is 1.39. The normalized spacial score (nSPS) is 12.2. The summed E-state index contributed by atoms with van der Waals surface area (Å²) in [6.45, 7) is 1.82. The van der Waals surface area contributed by atoms with E-state index in [1.165, 1.54) is 24.5 Å². The van der Waals surface area contributed by atoms with E-state index in [-0.39, 0.29) is 17.5 Å². The van der Waals surface area contributed by atoms with Crippen LogP contribution in [0.1, 0.15) is 18.0 Å². The monoisotopic (exact) mass is 280 g/mol. The molecule has 1 aromatic carbocycles. The summed E-state index contributed by atoms with van der Waals surface area (Å²) in [5, 5.41) is 20.2. The van der Waals surface area contributed by atoms with Crippen LogP contribution in [0.3, 0.4) is 0 Å². The topological polar surface area (TPSA) is 104 Å². The number of hydrogen-bond donors (Lipinski definition) is 1. The van der Waals surface area contributed by atoms with Crippen molar-refractivity contribution in [3.63, 3.8) is 0 Å². The fourth-order valence-electron chi connectivity index (χ4n) is 1.50. The Hall–Kier alpha value is -2.06. The highest BCUT2D eigenvalue weighted by Gasteiger charge is 2.17. The molecule has 2 aromatic rings. The molecule has 0 saturated heterocycles. The summed E-state index contributed by atoms with van der Waals surface area (Å²) in [5.74, 6) is 0.194. The van der Waals surface area contributed by atoms with Crippen LogP contribution >= 0.6 is 11.3 Å². The van der Waals surface area contributed by atoms with Gasteiger partial charge in [0.2, 0.25) is 0 Å². The lowest BCUT2D eigenvalue weighted by Gasteiger charge is -2.03. The molecule has 0 spiro atoms. The van der Waals surface area contributed by atoms with E-state index >= 15 is 0 Å². The fraction of sp³-hybridized carbons (Fsp3) is 0.273. The zero-order valence-corrected chi connectivity index (χ0v) is 11.2. The van der Waals surface area contributed by atoms with Gasteiger partial charge in [-0.1, -0.05) is 11.3 Å². The number of benzene rings is 1. The van der Waals surface area contributed by atoms with Gasteiger partial charge in [-0.25, -0.2) is 0 Å². The maximum absolute atomic E-state index is 10.8. The summed E-state index contributed by atoms with van der Waals surface area (Å²) in [4.78, 5) is 10.3. The first-order valence-corrected chi connectivity index (χ1v) is 6.26. The zero-order valence-electron chi connectivity index (χ0n) is 10.4. The number of methoxy groups -OCH3 is 1. The third-order valence-corrected chi connectivity index (χ3v) is 3.63. The molecule has 2 N–H and O–H groups in total. The average Bonchev–Trinajstić information content (AvgIpc) is 2.87. The molecule has 7 nitrogen and oxygen atoms in total. The van der Waals surface area contributed by atoms with E-state index in [0.29, 0.717) is 15.6 Å². The predicted molar refractivity (Wildman–Crippen MR) is 71.2 cm³/mol. The van der Waals surface area contributed by atoms with E-state index in [9.17, 15) is 10.1 Å². The maximum Gasteiger partial charge on any atom is 0.310 e. The van der Waals surface area contributed by atoms with E-state index in [2.05, 4.69) is 10.2 Å². The molecule has 0 aliphatic heterocycles. The van der Waals surface area contributed by atoms with Crippen molar-refractivity contribution in [2.75, 3.05) is 7.11 Å². The quantitative estimate of drug-likeness (QED) is 0.679. The molecule has 0 fully saturated rings. The van der Waals surface area contributed by atoms with Gasteiger partial charge in [-0.3, -0.25) is 10.1 Å². The molecule has 1 heterocycles. The second-order valence-electron chi connectivity index (χ2n) is 3.88. The summed E-state index contributed by atoms with van der Waals surface area (Å²) in [6, 6.07) is 4.39. The Labute approximate surface area is 113 Å². The van der Waals surface area contributed by atoms with Crippen LogP contribution in [0.5, 0.6) is 5.75 Å². The maximum atomic E-state index is 10.8. The standard InChI is InChI=1S/C11H12N4O3S/c1-6(12)10-13-14-11(19-10)7-3-4-8(15(16)17)9(5-7)18-2/h3-6H,12H2,1-2H3. The summed E-state index contributed by atoms with van der Waals surface area (Å²) < 4.78 is 5.01. The minimum atomic E-state index is -0.490. The van der Waals surface area contributed by atoms with Crippen LogP contribution in [0.25, 0.3) is 10.6 Å². The summed E-state index contributed by atoms with van der Waals surface area (Å²) in [5.41, 5.74) is 6.35. The molecular formula is C11H12N4O3S. The fourth-order valence-corrected chi connectivity index (χ4v) is 2.29. The van der Waals surface area contributed by atoms with Crippen molar-refractivity contribution in [1.82, 2.24) is 10.2 Å². The molecule has 1 aromatic heterocycles. The van der Waals surface area contributed by atoms with Crippen LogP contribution in [0.15, 0.2) is 18.2 Å². The molecule has 8 heteroatoms. The van der Waals surface area contributed by atoms with Gasteiger partial charge in [-0.15, -0.1) is 10.2 Å². The molecule has 0 radical (unpaired) electrons. The van der Waals surface area contributed by atoms with Crippen molar-refractivity contribution in [3.8, 4) is 16.3 Å². The first-order valence-electron chi connectivity index (χ1n) is 5.44. The number of nitro benzene ring substituents is 1. The van der Waals surface area contributed by atoms with Crippen molar-refractivity contribution in [2.24, 2.45) is 5.73 Å². The highest BCUT2D eigenvalue weighted by molar-refractivity contribution is 7.14. The smallest absolute Gasteiger partial charge is 0.310 e. The molecule has 2 rings (SSSR count). The van der Waals surface area contributed by atoms with Crippen molar-refractivity contribution >= 4 is 17.0 Å². The van der Waals surface area contributed by atoms with Crippen LogP contribution in [-0.4, -0.2) is 22.2 Å². The molecule has 100 valence electrons. The van der Waals surface area contributed by atoms with Gasteiger partial charge in [0.1, 0.15) is 10.0 Å². The number of rotatable bonds is 4. The van der Waals surface area contributed by atoms with Gasteiger partial charge in [-0.2, -0.15) is 0 Å². The molecule has 0 aliphatic carbocycles. The third kappa shape index (κ3) is 2.69. The van der Waals surface area contributed by atoms with Gasteiger partial charge in [0.15, 0.2) is 5.75 Å². The first kappa shape index (κ1) is 13.4. The van der Waals surface area contributed by atoms with Crippen molar-refractivity contribution in [3.05, 3.63) is 33.3 Å². The van der Waals surface area contributed by atoms with Gasteiger partial charge in [0, 0.05) is 11.6 Å². The first-order chi connectivity index (χ1) is 9.02. The highest BCUT2D eigenvalue weighted by Crippen LogP contribution is 2.33. The number of ether oxygens (including phenoxy) is 1. The largest absolute Gasteiger partial charge is 0.490 e. The Bertz CT molecular complexity index is 612. The lowest BCUT2D eigenvalue weighted by atomic mass is 10.2. The Morgan fingerprint density at radius 2 is 2.21 bits per heavy atom. The van der Waals surface area contributed by atoms with Crippen molar-refractivity contribution in [1.29, 1.82) is 0 Å². The van der Waals surface area contributed by atoms with E-state index in [1.807, 2.05) is 6.92 Å². The van der Waals surface area contributed by atoms with Gasteiger partial charge in [0.05, 0.1) is 18.1 Å². The zero-order chi connectivity index (χ0) is 14.0. The van der Waals surface area contributed by atoms with E-state index in [1.54, 1.807) is 12.1 Å². The second-order valence-corrected chi connectivity index (χ2v) is 4.89. The van der Waals surface area contributed by atoms with Crippen LogP contribution in [0.2, 0.25) is 0 Å². The van der Waals surface area contributed by atoms with E-state index in [0.717, 1.165) is 0 Å². The van der Waals surface area contributed by atoms with Crippen molar-refractivity contribution in [2.45, 2.75) is 13.0 Å². The summed E-state index contributed by atoms with van der Waals surface area (Å²) >= 11 is 1.35. The van der Waals surface area contributed by atoms with Crippen LogP contribution < -0.4 is 10.5 Å². The lowest BCUT2D eigenvalue weighted by Crippen LogP contribution is -2.03. The SMILES string of the molecule is COc1cc(-c2nnc(C(C)N)s2)ccc1[N+](=O)[O-]. The Balaban J connectivity index is 2.42. The van der Waals surface area contributed by atoms with E-state index in [4.69, 9.17) is 10.5 Å². The van der Waals surface area contributed by atoms with E-state index < -0.39 is 4.92 Å². The molecule has 0 aliphatic rings. The number of nitrogens with two attached hydrogens (primary N) is 1. The summed E-state index contributed by atoms with van der Waals surface area (Å²) in [6.07, 6.45) is 0. The third-order valence-electron chi connectivity index (χ3n) is 2.45. The lowest BCUT2D eigenvalue weighted by molar-refractivity contribution is -0.385. The van der Waals surface area contributed by atoms with Crippen molar-refractivity contribution < 1.29 is 9.66 Å². The van der Waals surface area contributed by atoms with Crippen LogP contribution in [-0.2, 0) is 0 Å². The molecule has 0 bridgehead atoms.